The van der Waals surface area contributed by atoms with E-state index < -0.39 is 23.1 Å². The summed E-state index contributed by atoms with van der Waals surface area (Å²) in [6, 6.07) is 5.81. The van der Waals surface area contributed by atoms with Gasteiger partial charge in [0, 0.05) is 12.1 Å². The first-order chi connectivity index (χ1) is 8.60. The number of anilines is 3. The van der Waals surface area contributed by atoms with Crippen LogP contribution < -0.4 is 16.6 Å². The first-order valence-corrected chi connectivity index (χ1v) is 4.95. The summed E-state index contributed by atoms with van der Waals surface area (Å²) >= 11 is 0. The number of hydrogen-bond acceptors (Lipinski definition) is 4. The maximum absolute atomic E-state index is 13.4. The third-order valence-electron chi connectivity index (χ3n) is 2.16. The summed E-state index contributed by atoms with van der Waals surface area (Å²) in [5.74, 6) is 2.58. The summed E-state index contributed by atoms with van der Waals surface area (Å²) < 4.78 is 39.5. The average molecular weight is 254 g/mol. The Balaban J connectivity index is 2.33. The monoisotopic (exact) mass is 254 g/mol. The number of hydrogen-bond donors (Lipinski definition) is 3. The number of nitrogens with two attached hydrogens (primary N) is 1. The van der Waals surface area contributed by atoms with Crippen molar-refractivity contribution in [2.75, 3.05) is 10.7 Å². The van der Waals surface area contributed by atoms with Gasteiger partial charge in [-0.05, 0) is 12.1 Å². The molecule has 0 aliphatic rings. The number of rotatable bonds is 3. The van der Waals surface area contributed by atoms with Crippen LogP contribution in [-0.4, -0.2) is 4.98 Å². The van der Waals surface area contributed by atoms with Crippen LogP contribution in [0.5, 0.6) is 0 Å². The first kappa shape index (κ1) is 12.2. The van der Waals surface area contributed by atoms with Crippen molar-refractivity contribution in [1.29, 1.82) is 0 Å². The Morgan fingerprint density at radius 1 is 1.00 bits per heavy atom. The minimum atomic E-state index is -1.04. The quantitative estimate of drug-likeness (QED) is 0.581. The molecule has 0 amide bonds. The molecule has 4 N–H and O–H groups in total. The van der Waals surface area contributed by atoms with Gasteiger partial charge in [0.15, 0.2) is 11.6 Å². The van der Waals surface area contributed by atoms with E-state index in [1.807, 2.05) is 0 Å². The standard InChI is InChI=1S/C11H9F3N4/c12-6-4-7(13)11(8(14)5-6)17-9-2-1-3-10(16-9)18-15/h1-5H,15H2,(H2,16,17,18). The number of nitrogens with one attached hydrogen (secondary N) is 2. The molecular formula is C11H9F3N4. The highest BCUT2D eigenvalue weighted by Gasteiger charge is 2.12. The summed E-state index contributed by atoms with van der Waals surface area (Å²) in [4.78, 5) is 3.92. The third kappa shape index (κ3) is 2.51. The second-order valence-electron chi connectivity index (χ2n) is 3.42. The molecule has 0 unspecified atom stereocenters. The molecule has 0 fully saturated rings. The Morgan fingerprint density at radius 3 is 2.22 bits per heavy atom. The second kappa shape index (κ2) is 4.92. The molecule has 0 bridgehead atoms. The van der Waals surface area contributed by atoms with E-state index in [0.717, 1.165) is 0 Å². The van der Waals surface area contributed by atoms with E-state index in [2.05, 4.69) is 15.7 Å². The fourth-order valence-corrected chi connectivity index (χ4v) is 1.37. The zero-order valence-electron chi connectivity index (χ0n) is 9.05. The molecule has 1 heterocycles. The van der Waals surface area contributed by atoms with E-state index in [1.54, 1.807) is 12.1 Å². The van der Waals surface area contributed by atoms with Gasteiger partial charge in [0.05, 0.1) is 0 Å². The van der Waals surface area contributed by atoms with Gasteiger partial charge in [-0.2, -0.15) is 0 Å². The largest absolute Gasteiger partial charge is 0.335 e. The molecule has 0 aliphatic heterocycles. The molecule has 1 aromatic heterocycles. The zero-order chi connectivity index (χ0) is 13.1. The Hall–Kier alpha value is -2.28. The smallest absolute Gasteiger partial charge is 0.152 e. The van der Waals surface area contributed by atoms with Gasteiger partial charge in [-0.1, -0.05) is 6.07 Å². The number of benzene rings is 1. The van der Waals surface area contributed by atoms with Crippen molar-refractivity contribution < 1.29 is 13.2 Å². The summed E-state index contributed by atoms with van der Waals surface area (Å²) in [6.45, 7) is 0. The fraction of sp³-hybridized carbons (Fsp3) is 0. The number of hydrazine groups is 1. The van der Waals surface area contributed by atoms with Crippen molar-refractivity contribution in [3.63, 3.8) is 0 Å². The first-order valence-electron chi connectivity index (χ1n) is 4.95. The topological polar surface area (TPSA) is 63.0 Å². The van der Waals surface area contributed by atoms with Crippen LogP contribution in [0.15, 0.2) is 30.3 Å². The van der Waals surface area contributed by atoms with Crippen LogP contribution in [0, 0.1) is 17.5 Å². The maximum atomic E-state index is 13.4. The predicted octanol–water partition coefficient (Wildman–Crippen LogP) is 2.53. The van der Waals surface area contributed by atoms with Gasteiger partial charge in [-0.25, -0.2) is 24.0 Å². The zero-order valence-corrected chi connectivity index (χ0v) is 9.05. The van der Waals surface area contributed by atoms with Crippen LogP contribution in [-0.2, 0) is 0 Å². The summed E-state index contributed by atoms with van der Waals surface area (Å²) in [5, 5.41) is 2.42. The van der Waals surface area contributed by atoms with Gasteiger partial charge in [-0.3, -0.25) is 0 Å². The van der Waals surface area contributed by atoms with Crippen molar-refractivity contribution in [2.24, 2.45) is 5.84 Å². The Labute approximate surface area is 101 Å². The number of pyridine rings is 1. The van der Waals surface area contributed by atoms with Gasteiger partial charge in [-0.15, -0.1) is 0 Å². The van der Waals surface area contributed by atoms with Gasteiger partial charge in [0.1, 0.15) is 23.1 Å². The molecule has 1 aromatic carbocycles. The molecule has 0 saturated carbocycles. The van der Waals surface area contributed by atoms with Crippen LogP contribution in [0.4, 0.5) is 30.5 Å². The van der Waals surface area contributed by atoms with E-state index in [9.17, 15) is 13.2 Å². The van der Waals surface area contributed by atoms with Gasteiger partial charge in [0.2, 0.25) is 0 Å². The van der Waals surface area contributed by atoms with Crippen molar-refractivity contribution in [2.45, 2.75) is 0 Å². The lowest BCUT2D eigenvalue weighted by Crippen LogP contribution is -2.09. The van der Waals surface area contributed by atoms with E-state index in [-0.39, 0.29) is 5.82 Å². The fourth-order valence-electron chi connectivity index (χ4n) is 1.37. The molecular weight excluding hydrogens is 245 g/mol. The van der Waals surface area contributed by atoms with Crippen LogP contribution in [0.3, 0.4) is 0 Å². The second-order valence-corrected chi connectivity index (χ2v) is 3.42. The predicted molar refractivity (Wildman–Crippen MR) is 61.6 cm³/mol. The van der Waals surface area contributed by atoms with Crippen LogP contribution in [0.1, 0.15) is 0 Å². The molecule has 2 aromatic rings. The Bertz CT molecular complexity index is 551. The molecule has 0 saturated heterocycles. The molecule has 0 spiro atoms. The summed E-state index contributed by atoms with van der Waals surface area (Å²) in [5.41, 5.74) is 1.82. The normalized spacial score (nSPS) is 10.2. The average Bonchev–Trinajstić information content (AvgIpc) is 2.34. The summed E-state index contributed by atoms with van der Waals surface area (Å²) in [6.07, 6.45) is 0. The highest BCUT2D eigenvalue weighted by atomic mass is 19.1. The van der Waals surface area contributed by atoms with Gasteiger partial charge >= 0.3 is 0 Å². The SMILES string of the molecule is NNc1cccc(Nc2c(F)cc(F)cc2F)n1. The van der Waals surface area contributed by atoms with Crippen molar-refractivity contribution in [3.05, 3.63) is 47.8 Å². The van der Waals surface area contributed by atoms with Crippen molar-refractivity contribution in [1.82, 2.24) is 4.98 Å². The van der Waals surface area contributed by atoms with Crippen LogP contribution >= 0.6 is 0 Å². The lowest BCUT2D eigenvalue weighted by Gasteiger charge is -2.09. The van der Waals surface area contributed by atoms with E-state index in [4.69, 9.17) is 5.84 Å². The van der Waals surface area contributed by atoms with Gasteiger partial charge < -0.3 is 10.7 Å². The minimum absolute atomic E-state index is 0.176. The maximum Gasteiger partial charge on any atom is 0.152 e. The van der Waals surface area contributed by atoms with E-state index >= 15 is 0 Å². The molecule has 18 heavy (non-hydrogen) atoms. The van der Waals surface area contributed by atoms with E-state index in [0.29, 0.717) is 18.0 Å². The molecule has 2 rings (SSSR count). The number of halogens is 3. The highest BCUT2D eigenvalue weighted by molar-refractivity contribution is 5.59. The van der Waals surface area contributed by atoms with E-state index in [1.165, 1.54) is 6.07 Å². The molecule has 94 valence electrons. The van der Waals surface area contributed by atoms with Crippen molar-refractivity contribution >= 4 is 17.3 Å². The minimum Gasteiger partial charge on any atom is -0.335 e. The lowest BCUT2D eigenvalue weighted by molar-refractivity contribution is 0.549. The van der Waals surface area contributed by atoms with Crippen LogP contribution in [0.25, 0.3) is 0 Å². The molecule has 7 heteroatoms. The highest BCUT2D eigenvalue weighted by Crippen LogP contribution is 2.23. The molecule has 0 atom stereocenters. The lowest BCUT2D eigenvalue weighted by atomic mass is 10.2. The molecule has 0 aliphatic carbocycles. The van der Waals surface area contributed by atoms with Crippen LogP contribution in [0.2, 0.25) is 0 Å². The number of aromatic nitrogens is 1. The van der Waals surface area contributed by atoms with Crippen molar-refractivity contribution in [3.8, 4) is 0 Å². The third-order valence-corrected chi connectivity index (χ3v) is 2.16. The van der Waals surface area contributed by atoms with Gasteiger partial charge in [0.25, 0.3) is 0 Å². The molecule has 4 nitrogen and oxygen atoms in total. The Kier molecular flexibility index (Phi) is 3.33. The summed E-state index contributed by atoms with van der Waals surface area (Å²) in [7, 11) is 0. The number of nitrogens with zero attached hydrogens (tertiary/aromatic N) is 1. The molecule has 0 radical (unpaired) electrons. The number of nitrogen functional groups attached to an aromatic ring is 1. The Morgan fingerprint density at radius 2 is 1.61 bits per heavy atom.